The Balaban J connectivity index is 3.22. The molecule has 0 aliphatic heterocycles. The lowest BCUT2D eigenvalue weighted by Crippen LogP contribution is -2.53. The molecule has 0 saturated carbocycles. The van der Waals surface area contributed by atoms with E-state index in [1.54, 1.807) is 26.8 Å². The molecule has 11 nitrogen and oxygen atoms in total. The SMILES string of the molecule is CCCOC(=O)Oc1ccc(CC(N)(C[C@H](C)OC(=O)C(C)C)C(=O)OC)cc1OC(=O)OCCC. The van der Waals surface area contributed by atoms with Gasteiger partial charge in [0.15, 0.2) is 11.5 Å². The molecule has 36 heavy (non-hydrogen) atoms. The molecule has 0 amide bonds. The van der Waals surface area contributed by atoms with Crippen molar-refractivity contribution in [1.82, 2.24) is 0 Å². The Morgan fingerprint density at radius 2 is 1.47 bits per heavy atom. The van der Waals surface area contributed by atoms with E-state index >= 15 is 0 Å². The van der Waals surface area contributed by atoms with Gasteiger partial charge in [0, 0.05) is 12.8 Å². The number of methoxy groups -OCH3 is 1. The third kappa shape index (κ3) is 10.1. The number of ether oxygens (including phenoxy) is 6. The third-order valence-corrected chi connectivity index (χ3v) is 4.79. The van der Waals surface area contributed by atoms with Crippen molar-refractivity contribution < 1.29 is 47.6 Å². The minimum atomic E-state index is -1.58. The summed E-state index contributed by atoms with van der Waals surface area (Å²) in [5.41, 5.74) is 5.30. The van der Waals surface area contributed by atoms with Crippen LogP contribution in [0.3, 0.4) is 0 Å². The lowest BCUT2D eigenvalue weighted by molar-refractivity contribution is -0.157. The number of carbonyl (C=O) groups is 4. The molecular weight excluding hydrogens is 474 g/mol. The summed E-state index contributed by atoms with van der Waals surface area (Å²) in [6, 6.07) is 4.32. The number of nitrogens with two attached hydrogens (primary N) is 1. The molecule has 1 unspecified atom stereocenters. The second kappa shape index (κ2) is 14.9. The normalized spacial score (nSPS) is 13.2. The summed E-state index contributed by atoms with van der Waals surface area (Å²) in [6.07, 6.45) is -1.58. The number of carbonyl (C=O) groups excluding carboxylic acids is 4. The van der Waals surface area contributed by atoms with Gasteiger partial charge in [0.05, 0.1) is 26.2 Å². The van der Waals surface area contributed by atoms with Crippen molar-refractivity contribution in [2.45, 2.75) is 71.9 Å². The first-order chi connectivity index (χ1) is 16.9. The molecule has 0 aromatic heterocycles. The summed E-state index contributed by atoms with van der Waals surface area (Å²) in [7, 11) is 1.20. The fourth-order valence-corrected chi connectivity index (χ4v) is 3.12. The van der Waals surface area contributed by atoms with Gasteiger partial charge >= 0.3 is 24.2 Å². The average molecular weight is 512 g/mol. The van der Waals surface area contributed by atoms with Crippen LogP contribution < -0.4 is 15.2 Å². The minimum absolute atomic E-state index is 0.0333. The molecule has 0 heterocycles. The molecule has 0 bridgehead atoms. The molecule has 1 aromatic carbocycles. The standard InChI is InChI=1S/C25H37NO10/c1-7-11-32-23(29)35-19-10-9-18(13-20(19)36-24(30)33-12-8-2)15-25(26,22(28)31-6)14-17(5)34-21(27)16(3)4/h9-10,13,16-17H,7-8,11-12,14-15,26H2,1-6H3/t17-,25?/m0/s1. The van der Waals surface area contributed by atoms with Gasteiger partial charge in [-0.25, -0.2) is 9.59 Å². The van der Waals surface area contributed by atoms with E-state index in [1.165, 1.54) is 19.2 Å². The maximum Gasteiger partial charge on any atom is 0.513 e. The highest BCUT2D eigenvalue weighted by Gasteiger charge is 2.38. The summed E-state index contributed by atoms with van der Waals surface area (Å²) in [5, 5.41) is 0. The lowest BCUT2D eigenvalue weighted by atomic mass is 9.86. The zero-order chi connectivity index (χ0) is 27.3. The van der Waals surface area contributed by atoms with Crippen LogP contribution in [-0.4, -0.2) is 56.2 Å². The zero-order valence-electron chi connectivity index (χ0n) is 21.8. The van der Waals surface area contributed by atoms with Crippen LogP contribution in [0.4, 0.5) is 9.59 Å². The van der Waals surface area contributed by atoms with E-state index in [9.17, 15) is 19.2 Å². The monoisotopic (exact) mass is 511 g/mol. The quantitative estimate of drug-likeness (QED) is 0.233. The molecule has 0 aliphatic rings. The van der Waals surface area contributed by atoms with Gasteiger partial charge in [-0.3, -0.25) is 9.59 Å². The number of benzene rings is 1. The highest BCUT2D eigenvalue weighted by molar-refractivity contribution is 5.81. The van der Waals surface area contributed by atoms with Gasteiger partial charge in [0.1, 0.15) is 11.6 Å². The molecule has 0 aliphatic carbocycles. The molecule has 2 N–H and O–H groups in total. The Morgan fingerprint density at radius 1 is 0.917 bits per heavy atom. The smallest absolute Gasteiger partial charge is 0.468 e. The van der Waals surface area contributed by atoms with Crippen molar-refractivity contribution in [3.63, 3.8) is 0 Å². The molecule has 0 radical (unpaired) electrons. The molecule has 202 valence electrons. The Labute approximate surface area is 211 Å². The third-order valence-electron chi connectivity index (χ3n) is 4.79. The first kappa shape index (κ1) is 30.7. The van der Waals surface area contributed by atoms with Gasteiger partial charge in [-0.15, -0.1) is 0 Å². The predicted octanol–water partition coefficient (Wildman–Crippen LogP) is 3.93. The maximum atomic E-state index is 12.6. The summed E-state index contributed by atoms with van der Waals surface area (Å²) in [6.45, 7) is 8.95. The average Bonchev–Trinajstić information content (AvgIpc) is 2.82. The Bertz CT molecular complexity index is 901. The van der Waals surface area contributed by atoms with E-state index < -0.39 is 35.9 Å². The molecule has 0 saturated heterocycles. The minimum Gasteiger partial charge on any atom is -0.468 e. The van der Waals surface area contributed by atoms with Crippen LogP contribution in [0.15, 0.2) is 18.2 Å². The molecule has 2 atom stereocenters. The van der Waals surface area contributed by atoms with E-state index in [0.717, 1.165) is 0 Å². The number of hydrogen-bond acceptors (Lipinski definition) is 11. The van der Waals surface area contributed by atoms with Crippen LogP contribution >= 0.6 is 0 Å². The maximum absolute atomic E-state index is 12.6. The van der Waals surface area contributed by atoms with E-state index in [2.05, 4.69) is 0 Å². The summed E-state index contributed by atoms with van der Waals surface area (Å²) in [4.78, 5) is 48.6. The molecule has 1 aromatic rings. The second-order valence-corrected chi connectivity index (χ2v) is 8.61. The van der Waals surface area contributed by atoms with Crippen LogP contribution in [0.25, 0.3) is 0 Å². The van der Waals surface area contributed by atoms with Crippen molar-refractivity contribution in [2.75, 3.05) is 20.3 Å². The lowest BCUT2D eigenvalue weighted by Gasteiger charge is -2.29. The van der Waals surface area contributed by atoms with Gasteiger partial charge in [-0.05, 0) is 37.5 Å². The first-order valence-corrected chi connectivity index (χ1v) is 11.9. The highest BCUT2D eigenvalue weighted by Crippen LogP contribution is 2.31. The van der Waals surface area contributed by atoms with Gasteiger partial charge in [-0.1, -0.05) is 33.8 Å². The van der Waals surface area contributed by atoms with Crippen molar-refractivity contribution in [3.8, 4) is 11.5 Å². The zero-order valence-corrected chi connectivity index (χ0v) is 21.8. The topological polar surface area (TPSA) is 150 Å². The summed E-state index contributed by atoms with van der Waals surface area (Å²) >= 11 is 0. The fraction of sp³-hybridized carbons (Fsp3) is 0.600. The van der Waals surface area contributed by atoms with E-state index in [-0.39, 0.29) is 43.5 Å². The first-order valence-electron chi connectivity index (χ1n) is 11.9. The van der Waals surface area contributed by atoms with Gasteiger partial charge in [0.2, 0.25) is 0 Å². The van der Waals surface area contributed by atoms with Crippen molar-refractivity contribution in [2.24, 2.45) is 11.7 Å². The molecular formula is C25H37NO10. The molecule has 0 fully saturated rings. The Hall–Kier alpha value is -3.34. The van der Waals surface area contributed by atoms with Crippen LogP contribution in [0, 0.1) is 5.92 Å². The number of hydrogen-bond donors (Lipinski definition) is 1. The van der Waals surface area contributed by atoms with Gasteiger partial charge in [0.25, 0.3) is 0 Å². The summed E-state index contributed by atoms with van der Waals surface area (Å²) in [5.74, 6) is -1.71. The van der Waals surface area contributed by atoms with Crippen LogP contribution in [0.1, 0.15) is 59.4 Å². The fourth-order valence-electron chi connectivity index (χ4n) is 3.12. The van der Waals surface area contributed by atoms with Crippen LogP contribution in [-0.2, 0) is 35.0 Å². The number of rotatable bonds is 13. The number of esters is 2. The van der Waals surface area contributed by atoms with Crippen molar-refractivity contribution in [3.05, 3.63) is 23.8 Å². The largest absolute Gasteiger partial charge is 0.513 e. The molecule has 11 heteroatoms. The highest BCUT2D eigenvalue weighted by atomic mass is 16.7. The van der Waals surface area contributed by atoms with Crippen LogP contribution in [0.2, 0.25) is 0 Å². The summed E-state index contributed by atoms with van der Waals surface area (Å²) < 4.78 is 30.5. The Morgan fingerprint density at radius 3 is 1.97 bits per heavy atom. The second-order valence-electron chi connectivity index (χ2n) is 8.61. The van der Waals surface area contributed by atoms with E-state index in [0.29, 0.717) is 18.4 Å². The van der Waals surface area contributed by atoms with E-state index in [1.807, 2.05) is 13.8 Å². The van der Waals surface area contributed by atoms with Crippen molar-refractivity contribution >= 4 is 24.2 Å². The van der Waals surface area contributed by atoms with Gasteiger partial charge < -0.3 is 34.2 Å². The Kier molecular flexibility index (Phi) is 12.7. The van der Waals surface area contributed by atoms with Crippen LogP contribution in [0.5, 0.6) is 11.5 Å². The predicted molar refractivity (Wildman–Crippen MR) is 129 cm³/mol. The van der Waals surface area contributed by atoms with Crippen molar-refractivity contribution in [1.29, 1.82) is 0 Å². The molecule has 1 rings (SSSR count). The van der Waals surface area contributed by atoms with Gasteiger partial charge in [-0.2, -0.15) is 0 Å². The molecule has 0 spiro atoms. The van der Waals surface area contributed by atoms with E-state index in [4.69, 9.17) is 34.2 Å².